The fourth-order valence-electron chi connectivity index (χ4n) is 1.35. The van der Waals surface area contributed by atoms with Crippen molar-refractivity contribution in [2.45, 2.75) is 4.21 Å². The van der Waals surface area contributed by atoms with Gasteiger partial charge >= 0.3 is 5.97 Å². The van der Waals surface area contributed by atoms with E-state index in [0.29, 0.717) is 0 Å². The Kier molecular flexibility index (Phi) is 3.54. The lowest BCUT2D eigenvalue weighted by atomic mass is 10.2. The zero-order valence-electron chi connectivity index (χ0n) is 9.33. The van der Waals surface area contributed by atoms with Gasteiger partial charge in [0, 0.05) is 0 Å². The van der Waals surface area contributed by atoms with Crippen molar-refractivity contribution < 1.29 is 22.7 Å². The number of thiophene rings is 1. The number of sulfonamides is 1. The predicted molar refractivity (Wildman–Crippen MR) is 68.5 cm³/mol. The Hall–Kier alpha value is -1.93. The van der Waals surface area contributed by atoms with Gasteiger partial charge in [-0.1, -0.05) is 6.07 Å². The molecule has 0 bridgehead atoms. The van der Waals surface area contributed by atoms with Gasteiger partial charge in [0.25, 0.3) is 10.0 Å². The molecular formula is C11H8FNO4S2. The highest BCUT2D eigenvalue weighted by molar-refractivity contribution is 7.94. The lowest BCUT2D eigenvalue weighted by molar-refractivity contribution is 0.0697. The molecule has 0 atom stereocenters. The molecule has 0 aliphatic heterocycles. The van der Waals surface area contributed by atoms with Crippen LogP contribution in [0.2, 0.25) is 0 Å². The number of halogens is 1. The number of carboxylic acid groups (broad SMARTS) is 1. The minimum Gasteiger partial charge on any atom is -0.478 e. The first-order valence-corrected chi connectivity index (χ1v) is 7.35. The second-order valence-electron chi connectivity index (χ2n) is 3.54. The number of carboxylic acids is 1. The van der Waals surface area contributed by atoms with Crippen LogP contribution >= 0.6 is 11.3 Å². The summed E-state index contributed by atoms with van der Waals surface area (Å²) in [6.45, 7) is 0. The van der Waals surface area contributed by atoms with Gasteiger partial charge in [0.2, 0.25) is 0 Å². The molecule has 19 heavy (non-hydrogen) atoms. The first-order chi connectivity index (χ1) is 8.90. The topological polar surface area (TPSA) is 83.5 Å². The fraction of sp³-hybridized carbons (Fsp3) is 0. The van der Waals surface area contributed by atoms with Crippen LogP contribution in [0.15, 0.2) is 39.9 Å². The first kappa shape index (κ1) is 13.5. The molecule has 0 unspecified atom stereocenters. The molecule has 1 aromatic heterocycles. The van der Waals surface area contributed by atoms with Gasteiger partial charge < -0.3 is 5.11 Å². The summed E-state index contributed by atoms with van der Waals surface area (Å²) in [7, 11) is -3.90. The third-order valence-corrected chi connectivity index (χ3v) is 4.98. The maximum Gasteiger partial charge on any atom is 0.335 e. The van der Waals surface area contributed by atoms with Crippen molar-refractivity contribution in [2.24, 2.45) is 0 Å². The van der Waals surface area contributed by atoms with E-state index in [1.807, 2.05) is 4.72 Å². The minimum absolute atomic E-state index is 0.0210. The standard InChI is InChI=1S/C11H8FNO4S2/c12-8-4-3-7(11(14)15)6-9(8)13-19(16,17)10-2-1-5-18-10/h1-6,13H,(H,14,15). The van der Waals surface area contributed by atoms with Gasteiger partial charge in [-0.05, 0) is 29.6 Å². The highest BCUT2D eigenvalue weighted by Crippen LogP contribution is 2.23. The Morgan fingerprint density at radius 1 is 1.32 bits per heavy atom. The van der Waals surface area contributed by atoms with Gasteiger partial charge in [-0.3, -0.25) is 4.72 Å². The monoisotopic (exact) mass is 301 g/mol. The average Bonchev–Trinajstić information content (AvgIpc) is 2.85. The van der Waals surface area contributed by atoms with Crippen molar-refractivity contribution in [2.75, 3.05) is 4.72 Å². The smallest absolute Gasteiger partial charge is 0.335 e. The molecule has 2 rings (SSSR count). The second kappa shape index (κ2) is 4.98. The van der Waals surface area contributed by atoms with Crippen molar-refractivity contribution in [3.05, 3.63) is 47.1 Å². The lowest BCUT2D eigenvalue weighted by Crippen LogP contribution is -2.13. The quantitative estimate of drug-likeness (QED) is 0.908. The lowest BCUT2D eigenvalue weighted by Gasteiger charge is -2.08. The molecule has 2 N–H and O–H groups in total. The number of carbonyl (C=O) groups is 1. The summed E-state index contributed by atoms with van der Waals surface area (Å²) in [5.74, 6) is -2.11. The predicted octanol–water partition coefficient (Wildman–Crippen LogP) is 2.39. The maximum atomic E-state index is 13.5. The molecule has 0 spiro atoms. The Morgan fingerprint density at radius 3 is 2.63 bits per heavy atom. The number of rotatable bonds is 4. The summed E-state index contributed by atoms with van der Waals surface area (Å²) in [5, 5.41) is 10.4. The van der Waals surface area contributed by atoms with Crippen LogP contribution in [-0.4, -0.2) is 19.5 Å². The van der Waals surface area contributed by atoms with Gasteiger partial charge in [-0.25, -0.2) is 17.6 Å². The maximum absolute atomic E-state index is 13.5. The molecule has 0 aliphatic carbocycles. The van der Waals surface area contributed by atoms with Crippen LogP contribution in [0.5, 0.6) is 0 Å². The molecule has 0 saturated carbocycles. The SMILES string of the molecule is O=C(O)c1ccc(F)c(NS(=O)(=O)c2cccs2)c1. The molecular weight excluding hydrogens is 293 g/mol. The minimum atomic E-state index is -3.90. The van der Waals surface area contributed by atoms with E-state index in [1.165, 1.54) is 6.07 Å². The average molecular weight is 301 g/mol. The Labute approximate surface area is 112 Å². The number of aromatic carboxylic acids is 1. The number of benzene rings is 1. The van der Waals surface area contributed by atoms with Crippen LogP contribution < -0.4 is 4.72 Å². The summed E-state index contributed by atoms with van der Waals surface area (Å²) in [6, 6.07) is 5.80. The first-order valence-electron chi connectivity index (χ1n) is 4.99. The van der Waals surface area contributed by atoms with Crippen LogP contribution in [0.25, 0.3) is 0 Å². The molecule has 0 aliphatic rings. The zero-order valence-corrected chi connectivity index (χ0v) is 11.0. The molecule has 1 heterocycles. The summed E-state index contributed by atoms with van der Waals surface area (Å²) in [4.78, 5) is 10.8. The van der Waals surface area contributed by atoms with Crippen LogP contribution in [0.4, 0.5) is 10.1 Å². The molecule has 0 amide bonds. The Morgan fingerprint density at radius 2 is 2.05 bits per heavy atom. The number of nitrogens with one attached hydrogen (secondary N) is 1. The van der Waals surface area contributed by atoms with Gasteiger partial charge in [-0.2, -0.15) is 0 Å². The Balaban J connectivity index is 2.39. The molecule has 0 saturated heterocycles. The number of hydrogen-bond acceptors (Lipinski definition) is 4. The van der Waals surface area contributed by atoms with Crippen LogP contribution in [0.3, 0.4) is 0 Å². The molecule has 8 heteroatoms. The fourth-order valence-corrected chi connectivity index (χ4v) is 3.40. The van der Waals surface area contributed by atoms with E-state index in [2.05, 4.69) is 0 Å². The number of hydrogen-bond donors (Lipinski definition) is 2. The van der Waals surface area contributed by atoms with Crippen molar-refractivity contribution in [1.29, 1.82) is 0 Å². The van der Waals surface area contributed by atoms with E-state index < -0.39 is 27.5 Å². The summed E-state index contributed by atoms with van der Waals surface area (Å²) in [5.41, 5.74) is -0.599. The third-order valence-electron chi connectivity index (χ3n) is 2.22. The van der Waals surface area contributed by atoms with Crippen LogP contribution in [0.1, 0.15) is 10.4 Å². The van der Waals surface area contributed by atoms with Crippen LogP contribution in [-0.2, 0) is 10.0 Å². The van der Waals surface area contributed by atoms with Crippen molar-refractivity contribution in [3.8, 4) is 0 Å². The van der Waals surface area contributed by atoms with E-state index in [4.69, 9.17) is 5.11 Å². The Bertz CT molecular complexity index is 710. The molecule has 0 fully saturated rings. The van der Waals surface area contributed by atoms with Crippen LogP contribution in [0, 0.1) is 5.82 Å². The van der Waals surface area contributed by atoms with Crippen molar-refractivity contribution in [3.63, 3.8) is 0 Å². The second-order valence-corrected chi connectivity index (χ2v) is 6.39. The highest BCUT2D eigenvalue weighted by Gasteiger charge is 2.18. The highest BCUT2D eigenvalue weighted by atomic mass is 32.2. The summed E-state index contributed by atoms with van der Waals surface area (Å²) >= 11 is 0.976. The molecule has 2 aromatic rings. The van der Waals surface area contributed by atoms with Crippen molar-refractivity contribution in [1.82, 2.24) is 0 Å². The van der Waals surface area contributed by atoms with Gasteiger partial charge in [0.05, 0.1) is 11.3 Å². The van der Waals surface area contributed by atoms with Crippen molar-refractivity contribution >= 4 is 33.0 Å². The van der Waals surface area contributed by atoms with E-state index >= 15 is 0 Å². The van der Waals surface area contributed by atoms with E-state index in [-0.39, 0.29) is 9.77 Å². The number of anilines is 1. The van der Waals surface area contributed by atoms with Gasteiger partial charge in [-0.15, -0.1) is 11.3 Å². The van der Waals surface area contributed by atoms with Gasteiger partial charge in [0.15, 0.2) is 0 Å². The van der Waals surface area contributed by atoms with E-state index in [9.17, 15) is 17.6 Å². The molecule has 1 aromatic carbocycles. The third kappa shape index (κ3) is 2.91. The normalized spacial score (nSPS) is 11.2. The zero-order chi connectivity index (χ0) is 14.0. The van der Waals surface area contributed by atoms with E-state index in [1.54, 1.807) is 11.4 Å². The molecule has 0 radical (unpaired) electrons. The molecule has 100 valence electrons. The molecule has 5 nitrogen and oxygen atoms in total. The summed E-state index contributed by atoms with van der Waals surface area (Å²) < 4.78 is 39.3. The van der Waals surface area contributed by atoms with E-state index in [0.717, 1.165) is 29.5 Å². The van der Waals surface area contributed by atoms with Gasteiger partial charge in [0.1, 0.15) is 10.0 Å². The largest absolute Gasteiger partial charge is 0.478 e. The summed E-state index contributed by atoms with van der Waals surface area (Å²) in [6.07, 6.45) is 0.